The number of aryl methyl sites for hydroxylation is 1. The van der Waals surface area contributed by atoms with Gasteiger partial charge in [0.2, 0.25) is 5.91 Å². The van der Waals surface area contributed by atoms with Crippen LogP contribution in [-0.4, -0.2) is 43.4 Å². The maximum atomic E-state index is 12.9. The fourth-order valence-electron chi connectivity index (χ4n) is 4.00. The number of amides is 1. The van der Waals surface area contributed by atoms with Crippen LogP contribution in [0, 0.1) is 0 Å². The van der Waals surface area contributed by atoms with Gasteiger partial charge in [-0.05, 0) is 44.0 Å². The number of nitrogens with one attached hydrogen (secondary N) is 1. The van der Waals surface area contributed by atoms with E-state index in [1.54, 1.807) is 7.05 Å². The van der Waals surface area contributed by atoms with Gasteiger partial charge in [0, 0.05) is 25.7 Å². The number of nitrogens with zero attached hydrogens (tertiary/aromatic N) is 4. The molecule has 1 N–H and O–H groups in total. The van der Waals surface area contributed by atoms with Gasteiger partial charge in [-0.15, -0.1) is 0 Å². The Morgan fingerprint density at radius 2 is 1.82 bits per heavy atom. The van der Waals surface area contributed by atoms with Gasteiger partial charge < -0.3 is 10.1 Å². The molecule has 2 aromatic heterocycles. The van der Waals surface area contributed by atoms with Crippen molar-refractivity contribution in [2.75, 3.05) is 12.4 Å². The summed E-state index contributed by atoms with van der Waals surface area (Å²) < 4.78 is 7.86. The van der Waals surface area contributed by atoms with Crippen LogP contribution in [0.4, 0.5) is 0 Å². The molecular formula is C23H27N5O4S. The van der Waals surface area contributed by atoms with Crippen LogP contribution in [0.5, 0.6) is 5.75 Å². The topological polar surface area (TPSA) is 108 Å². The highest BCUT2D eigenvalue weighted by Gasteiger charge is 2.21. The number of hydrogen-bond donors (Lipinski definition) is 1. The average molecular weight is 470 g/mol. The predicted octanol–water partition coefficient (Wildman–Crippen LogP) is 2.24. The normalized spacial score (nSPS) is 14.0. The van der Waals surface area contributed by atoms with E-state index in [4.69, 9.17) is 4.74 Å². The van der Waals surface area contributed by atoms with E-state index >= 15 is 0 Å². The van der Waals surface area contributed by atoms with Gasteiger partial charge in [0.05, 0.1) is 12.4 Å². The number of benzene rings is 1. The van der Waals surface area contributed by atoms with E-state index in [1.807, 2.05) is 31.2 Å². The first kappa shape index (κ1) is 23.0. The lowest BCUT2D eigenvalue weighted by molar-refractivity contribution is -0.119. The third-order valence-corrected chi connectivity index (χ3v) is 6.73. The van der Waals surface area contributed by atoms with Crippen LogP contribution in [0.25, 0.3) is 22.4 Å². The number of rotatable bonds is 7. The van der Waals surface area contributed by atoms with Crippen molar-refractivity contribution in [3.63, 3.8) is 0 Å². The molecule has 10 heteroatoms. The third kappa shape index (κ3) is 4.80. The molecule has 1 aliphatic carbocycles. The minimum Gasteiger partial charge on any atom is -0.494 e. The van der Waals surface area contributed by atoms with Crippen molar-refractivity contribution in [2.45, 2.75) is 43.7 Å². The fourth-order valence-corrected chi connectivity index (χ4v) is 4.83. The first-order valence-corrected chi connectivity index (χ1v) is 12.0. The molecule has 0 atom stereocenters. The Balaban J connectivity index is 1.74. The van der Waals surface area contributed by atoms with E-state index in [2.05, 4.69) is 15.3 Å². The maximum Gasteiger partial charge on any atom is 0.332 e. The molecule has 4 rings (SSSR count). The van der Waals surface area contributed by atoms with Crippen LogP contribution in [-0.2, 0) is 18.9 Å². The molecule has 0 bridgehead atoms. The van der Waals surface area contributed by atoms with Gasteiger partial charge >= 0.3 is 5.69 Å². The lowest BCUT2D eigenvalue weighted by atomic mass is 10.2. The summed E-state index contributed by atoms with van der Waals surface area (Å²) in [7, 11) is 2.99. The Morgan fingerprint density at radius 1 is 1.12 bits per heavy atom. The van der Waals surface area contributed by atoms with Gasteiger partial charge in [-0.1, -0.05) is 24.6 Å². The Bertz CT molecular complexity index is 1290. The Morgan fingerprint density at radius 3 is 2.48 bits per heavy atom. The smallest absolute Gasteiger partial charge is 0.332 e. The Kier molecular flexibility index (Phi) is 6.83. The monoisotopic (exact) mass is 469 g/mol. The molecule has 9 nitrogen and oxygen atoms in total. The molecular weight excluding hydrogens is 442 g/mol. The molecule has 0 spiro atoms. The molecule has 1 aromatic carbocycles. The van der Waals surface area contributed by atoms with E-state index in [9.17, 15) is 14.4 Å². The van der Waals surface area contributed by atoms with E-state index in [0.29, 0.717) is 23.0 Å². The van der Waals surface area contributed by atoms with Crippen molar-refractivity contribution >= 4 is 28.7 Å². The first-order chi connectivity index (χ1) is 15.9. The van der Waals surface area contributed by atoms with Crippen LogP contribution < -0.4 is 21.3 Å². The molecule has 1 fully saturated rings. The first-order valence-electron chi connectivity index (χ1n) is 11.0. The predicted molar refractivity (Wildman–Crippen MR) is 128 cm³/mol. The Labute approximate surface area is 195 Å². The summed E-state index contributed by atoms with van der Waals surface area (Å²) in [5.74, 6) is 1.12. The highest BCUT2D eigenvalue weighted by molar-refractivity contribution is 8.00. The molecule has 0 aliphatic heterocycles. The summed E-state index contributed by atoms with van der Waals surface area (Å²) in [6.07, 6.45) is 4.25. The number of fused-ring (bicyclic) bond motifs is 1. The quantitative estimate of drug-likeness (QED) is 0.418. The summed E-state index contributed by atoms with van der Waals surface area (Å²) >= 11 is 1.18. The zero-order valence-corrected chi connectivity index (χ0v) is 19.8. The number of hydrogen-bond acceptors (Lipinski definition) is 7. The fraction of sp³-hybridized carbons (Fsp3) is 0.435. The minimum atomic E-state index is -0.481. The van der Waals surface area contributed by atoms with Gasteiger partial charge in [-0.2, -0.15) is 0 Å². The maximum absolute atomic E-state index is 12.9. The van der Waals surface area contributed by atoms with E-state index in [0.717, 1.165) is 36.0 Å². The lowest BCUT2D eigenvalue weighted by Crippen LogP contribution is -2.38. The van der Waals surface area contributed by atoms with E-state index in [-0.39, 0.29) is 28.7 Å². The summed E-state index contributed by atoms with van der Waals surface area (Å²) in [5.41, 5.74) is -0.00441. The van der Waals surface area contributed by atoms with Gasteiger partial charge in [0.1, 0.15) is 16.2 Å². The van der Waals surface area contributed by atoms with Crippen LogP contribution in [0.1, 0.15) is 32.6 Å². The number of aromatic nitrogens is 4. The van der Waals surface area contributed by atoms with Crippen molar-refractivity contribution < 1.29 is 9.53 Å². The molecule has 33 heavy (non-hydrogen) atoms. The molecule has 1 amide bonds. The SMILES string of the molecule is CCOc1ccc(-c2nc(SCC(=O)NC3CCCC3)c3c(=O)n(C)c(=O)n(C)c3n2)cc1. The lowest BCUT2D eigenvalue weighted by Gasteiger charge is -2.14. The second-order valence-electron chi connectivity index (χ2n) is 8.05. The largest absolute Gasteiger partial charge is 0.494 e. The number of ether oxygens (including phenoxy) is 1. The van der Waals surface area contributed by atoms with Crippen molar-refractivity contribution in [2.24, 2.45) is 14.1 Å². The van der Waals surface area contributed by atoms with Crippen molar-refractivity contribution in [1.29, 1.82) is 0 Å². The number of carbonyl (C=O) groups is 1. The molecule has 1 saturated carbocycles. The van der Waals surface area contributed by atoms with Crippen molar-refractivity contribution in [3.8, 4) is 17.1 Å². The van der Waals surface area contributed by atoms with Gasteiger partial charge in [0.15, 0.2) is 11.5 Å². The summed E-state index contributed by atoms with van der Waals surface area (Å²) in [6.45, 7) is 2.47. The molecule has 0 saturated heterocycles. The van der Waals surface area contributed by atoms with Crippen LogP contribution >= 0.6 is 11.8 Å². The number of thioether (sulfide) groups is 1. The second kappa shape index (κ2) is 9.78. The van der Waals surface area contributed by atoms with E-state index < -0.39 is 11.2 Å². The molecule has 174 valence electrons. The van der Waals surface area contributed by atoms with Gasteiger partial charge in [-0.3, -0.25) is 18.7 Å². The van der Waals surface area contributed by atoms with Gasteiger partial charge in [-0.25, -0.2) is 14.8 Å². The molecule has 1 aliphatic rings. The summed E-state index contributed by atoms with van der Waals surface area (Å²) in [6, 6.07) is 7.50. The second-order valence-corrected chi connectivity index (χ2v) is 9.02. The van der Waals surface area contributed by atoms with Gasteiger partial charge in [0.25, 0.3) is 5.56 Å². The highest BCUT2D eigenvalue weighted by atomic mass is 32.2. The Hall–Kier alpha value is -3.14. The number of carbonyl (C=O) groups excluding carboxylic acids is 1. The highest BCUT2D eigenvalue weighted by Crippen LogP contribution is 2.27. The van der Waals surface area contributed by atoms with E-state index in [1.165, 1.54) is 23.4 Å². The van der Waals surface area contributed by atoms with Crippen LogP contribution in [0.15, 0.2) is 38.9 Å². The zero-order valence-electron chi connectivity index (χ0n) is 19.0. The molecule has 2 heterocycles. The summed E-state index contributed by atoms with van der Waals surface area (Å²) in [4.78, 5) is 47.1. The zero-order chi connectivity index (χ0) is 23.5. The summed E-state index contributed by atoms with van der Waals surface area (Å²) in [5, 5.41) is 3.66. The molecule has 0 radical (unpaired) electrons. The third-order valence-electron chi connectivity index (χ3n) is 5.75. The minimum absolute atomic E-state index is 0.0945. The average Bonchev–Trinajstić information content (AvgIpc) is 3.33. The standard InChI is InChI=1S/C23H27N5O4S/c1-4-32-16-11-9-14(10-12-16)19-25-20-18(22(30)28(3)23(31)27(20)2)21(26-19)33-13-17(29)24-15-7-5-6-8-15/h9-12,15H,4-8,13H2,1-3H3,(H,24,29). The molecule has 0 unspecified atom stereocenters. The van der Waals surface area contributed by atoms with Crippen LogP contribution in [0.3, 0.4) is 0 Å². The van der Waals surface area contributed by atoms with Crippen molar-refractivity contribution in [3.05, 3.63) is 45.1 Å². The van der Waals surface area contributed by atoms with Crippen molar-refractivity contribution in [1.82, 2.24) is 24.4 Å². The molecule has 3 aromatic rings. The van der Waals surface area contributed by atoms with Crippen LogP contribution in [0.2, 0.25) is 0 Å².